The highest BCUT2D eigenvalue weighted by atomic mass is 35.5. The summed E-state index contributed by atoms with van der Waals surface area (Å²) in [6, 6.07) is 10.3. The molecule has 1 fully saturated rings. The molecule has 0 bridgehead atoms. The molecule has 6 heteroatoms. The van der Waals surface area contributed by atoms with Crippen molar-refractivity contribution in [1.82, 2.24) is 14.6 Å². The Morgan fingerprint density at radius 1 is 1.26 bits per heavy atom. The fourth-order valence-corrected chi connectivity index (χ4v) is 3.33. The van der Waals surface area contributed by atoms with Crippen molar-refractivity contribution in [2.75, 3.05) is 5.32 Å². The van der Waals surface area contributed by atoms with Crippen LogP contribution in [0.4, 0.5) is 5.82 Å². The van der Waals surface area contributed by atoms with Crippen molar-refractivity contribution in [3.63, 3.8) is 0 Å². The summed E-state index contributed by atoms with van der Waals surface area (Å²) < 4.78 is 1.86. The van der Waals surface area contributed by atoms with Crippen molar-refractivity contribution in [1.29, 1.82) is 5.26 Å². The highest BCUT2D eigenvalue weighted by Gasteiger charge is 2.22. The number of fused-ring (bicyclic) bond motifs is 1. The van der Waals surface area contributed by atoms with Gasteiger partial charge in [-0.2, -0.15) is 5.26 Å². The smallest absolute Gasteiger partial charge is 0.173 e. The molecule has 1 aliphatic carbocycles. The van der Waals surface area contributed by atoms with E-state index in [4.69, 9.17) is 11.6 Å². The Bertz CT molecular complexity index is 878. The molecule has 0 aliphatic heterocycles. The number of benzene rings is 1. The van der Waals surface area contributed by atoms with Gasteiger partial charge in [-0.05, 0) is 25.0 Å². The molecule has 0 amide bonds. The molecule has 4 rings (SSSR count). The number of nitrogens with one attached hydrogen (secondary N) is 2. The Balaban J connectivity index is 1.85. The molecule has 116 valence electrons. The quantitative estimate of drug-likeness (QED) is 0.758. The number of nitriles is 1. The summed E-state index contributed by atoms with van der Waals surface area (Å²) in [7, 11) is 0. The van der Waals surface area contributed by atoms with Gasteiger partial charge in [-0.25, -0.2) is 9.50 Å². The summed E-state index contributed by atoms with van der Waals surface area (Å²) in [5, 5.41) is 16.7. The van der Waals surface area contributed by atoms with Crippen LogP contribution in [0.25, 0.3) is 16.9 Å². The molecule has 2 heterocycles. The molecule has 1 saturated carbocycles. The standard InChI is InChI=1S/C17H16ClN5/c18-13-7-5-11(6-8-13)15-17(21-14-3-1-2-4-14)23-16(22-15)12(9-19)10-20-23/h5-8,10,14,20-21H,1-4H2. The van der Waals surface area contributed by atoms with Crippen LogP contribution in [0.2, 0.25) is 5.02 Å². The van der Waals surface area contributed by atoms with E-state index < -0.39 is 0 Å². The lowest BCUT2D eigenvalue weighted by molar-refractivity contribution is 0.744. The number of hydrogen-bond acceptors (Lipinski definition) is 3. The number of anilines is 1. The average molecular weight is 326 g/mol. The minimum absolute atomic E-state index is 0.454. The van der Waals surface area contributed by atoms with Crippen LogP contribution in [-0.2, 0) is 0 Å². The van der Waals surface area contributed by atoms with Gasteiger partial charge < -0.3 is 5.32 Å². The molecule has 2 aromatic heterocycles. The molecule has 5 nitrogen and oxygen atoms in total. The van der Waals surface area contributed by atoms with E-state index in [1.165, 1.54) is 25.7 Å². The van der Waals surface area contributed by atoms with Crippen molar-refractivity contribution in [3.8, 4) is 17.3 Å². The van der Waals surface area contributed by atoms with E-state index in [0.29, 0.717) is 22.3 Å². The third-order valence-corrected chi connectivity index (χ3v) is 4.64. The maximum Gasteiger partial charge on any atom is 0.173 e. The number of nitrogens with zero attached hydrogens (tertiary/aromatic N) is 3. The normalized spacial score (nSPS) is 15.1. The number of hydrogen-bond donors (Lipinski definition) is 2. The Morgan fingerprint density at radius 3 is 2.70 bits per heavy atom. The second-order valence-electron chi connectivity index (χ2n) is 5.90. The number of aromatic amines is 1. The molecule has 1 aliphatic rings. The second kappa shape index (κ2) is 5.64. The lowest BCUT2D eigenvalue weighted by Crippen LogP contribution is -2.16. The van der Waals surface area contributed by atoms with E-state index >= 15 is 0 Å². The van der Waals surface area contributed by atoms with Crippen LogP contribution in [-0.4, -0.2) is 20.6 Å². The molecule has 3 aromatic rings. The minimum atomic E-state index is 0.454. The van der Waals surface area contributed by atoms with E-state index in [9.17, 15) is 5.26 Å². The van der Waals surface area contributed by atoms with Crippen molar-refractivity contribution >= 4 is 23.1 Å². The van der Waals surface area contributed by atoms with Crippen LogP contribution in [0.15, 0.2) is 30.5 Å². The van der Waals surface area contributed by atoms with E-state index in [1.54, 1.807) is 6.20 Å². The van der Waals surface area contributed by atoms with E-state index in [-0.39, 0.29) is 0 Å². The summed E-state index contributed by atoms with van der Waals surface area (Å²) in [6.45, 7) is 0. The molecule has 2 N–H and O–H groups in total. The molecule has 23 heavy (non-hydrogen) atoms. The Kier molecular flexibility index (Phi) is 3.47. The highest BCUT2D eigenvalue weighted by molar-refractivity contribution is 6.30. The van der Waals surface area contributed by atoms with Crippen molar-refractivity contribution < 1.29 is 0 Å². The largest absolute Gasteiger partial charge is 0.365 e. The maximum absolute atomic E-state index is 9.25. The topological polar surface area (TPSA) is 68.9 Å². The first-order chi connectivity index (χ1) is 11.3. The minimum Gasteiger partial charge on any atom is -0.365 e. The van der Waals surface area contributed by atoms with E-state index in [2.05, 4.69) is 21.5 Å². The van der Waals surface area contributed by atoms with E-state index in [0.717, 1.165) is 17.1 Å². The maximum atomic E-state index is 9.25. The van der Waals surface area contributed by atoms with Crippen LogP contribution < -0.4 is 5.32 Å². The molecule has 0 saturated heterocycles. The van der Waals surface area contributed by atoms with Gasteiger partial charge in [0.25, 0.3) is 0 Å². The van der Waals surface area contributed by atoms with Crippen LogP contribution in [0.5, 0.6) is 0 Å². The second-order valence-corrected chi connectivity index (χ2v) is 6.34. The first-order valence-electron chi connectivity index (χ1n) is 7.78. The molecule has 0 radical (unpaired) electrons. The Hall–Kier alpha value is -2.45. The predicted octanol–water partition coefficient (Wildman–Crippen LogP) is 4.21. The number of rotatable bonds is 3. The van der Waals surface area contributed by atoms with Gasteiger partial charge in [-0.15, -0.1) is 0 Å². The van der Waals surface area contributed by atoms with Crippen LogP contribution in [0, 0.1) is 11.3 Å². The number of halogens is 1. The predicted molar refractivity (Wildman–Crippen MR) is 90.6 cm³/mol. The first kappa shape index (κ1) is 14.2. The van der Waals surface area contributed by atoms with Gasteiger partial charge in [0.2, 0.25) is 0 Å². The summed E-state index contributed by atoms with van der Waals surface area (Å²) in [5.74, 6) is 0.913. The van der Waals surface area contributed by atoms with Gasteiger partial charge in [-0.1, -0.05) is 36.6 Å². The fraction of sp³-hybridized carbons (Fsp3) is 0.294. The lowest BCUT2D eigenvalue weighted by atomic mass is 10.1. The van der Waals surface area contributed by atoms with Gasteiger partial charge in [0.15, 0.2) is 11.5 Å². The van der Waals surface area contributed by atoms with Gasteiger partial charge in [-0.3, -0.25) is 5.10 Å². The van der Waals surface area contributed by atoms with Crippen molar-refractivity contribution in [2.45, 2.75) is 31.7 Å². The molecular weight excluding hydrogens is 310 g/mol. The first-order valence-corrected chi connectivity index (χ1v) is 8.16. The summed E-state index contributed by atoms with van der Waals surface area (Å²) in [6.07, 6.45) is 6.53. The fourth-order valence-electron chi connectivity index (χ4n) is 3.21. The summed E-state index contributed by atoms with van der Waals surface area (Å²) in [5.41, 5.74) is 3.02. The van der Waals surface area contributed by atoms with Crippen LogP contribution >= 0.6 is 11.6 Å². The molecule has 0 spiro atoms. The summed E-state index contributed by atoms with van der Waals surface area (Å²) >= 11 is 5.99. The van der Waals surface area contributed by atoms with E-state index in [1.807, 2.05) is 28.8 Å². The van der Waals surface area contributed by atoms with Crippen LogP contribution in [0.3, 0.4) is 0 Å². The zero-order chi connectivity index (χ0) is 15.8. The molecule has 0 atom stereocenters. The van der Waals surface area contributed by atoms with Gasteiger partial charge in [0.1, 0.15) is 17.3 Å². The van der Waals surface area contributed by atoms with Crippen LogP contribution in [0.1, 0.15) is 31.2 Å². The zero-order valence-electron chi connectivity index (χ0n) is 12.5. The van der Waals surface area contributed by atoms with Gasteiger partial charge in [0.05, 0.1) is 0 Å². The molecule has 1 aromatic carbocycles. The number of H-pyrrole nitrogens is 1. The average Bonchev–Trinajstić information content (AvgIpc) is 3.26. The number of imidazole rings is 1. The van der Waals surface area contributed by atoms with Gasteiger partial charge >= 0.3 is 0 Å². The third kappa shape index (κ3) is 2.45. The Morgan fingerprint density at radius 2 is 2.00 bits per heavy atom. The van der Waals surface area contributed by atoms with Crippen molar-refractivity contribution in [2.24, 2.45) is 0 Å². The zero-order valence-corrected chi connectivity index (χ0v) is 13.3. The highest BCUT2D eigenvalue weighted by Crippen LogP contribution is 2.32. The SMILES string of the molecule is N#Cc1c[nH]n2c(NC3CCCC3)c(-c3ccc(Cl)cc3)nc12. The monoisotopic (exact) mass is 325 g/mol. The third-order valence-electron chi connectivity index (χ3n) is 4.39. The molecule has 0 unspecified atom stereocenters. The number of aromatic nitrogens is 3. The lowest BCUT2D eigenvalue weighted by Gasteiger charge is -2.14. The molecular formula is C17H16ClN5. The summed E-state index contributed by atoms with van der Waals surface area (Å²) in [4.78, 5) is 4.69. The Labute approximate surface area is 138 Å². The van der Waals surface area contributed by atoms with Gasteiger partial charge in [0, 0.05) is 22.8 Å². The van der Waals surface area contributed by atoms with Crippen molar-refractivity contribution in [3.05, 3.63) is 41.0 Å².